The highest BCUT2D eigenvalue weighted by Gasteiger charge is 2.57. The van der Waals surface area contributed by atoms with Crippen LogP contribution in [0, 0.1) is 46.8 Å². The van der Waals surface area contributed by atoms with Crippen LogP contribution in [0.1, 0.15) is 106 Å². The van der Waals surface area contributed by atoms with Gasteiger partial charge in [-0.1, -0.05) is 53.2 Å². The van der Waals surface area contributed by atoms with E-state index < -0.39 is 0 Å². The highest BCUT2D eigenvalue weighted by molar-refractivity contribution is 5.20. The van der Waals surface area contributed by atoms with E-state index in [9.17, 15) is 10.2 Å². The number of fused-ring (bicyclic) bond motifs is 5. The van der Waals surface area contributed by atoms with Crippen LogP contribution >= 0.6 is 0 Å². The number of allylic oxidation sites excluding steroid dienone is 1. The Morgan fingerprint density at radius 3 is 2.43 bits per heavy atom. The van der Waals surface area contributed by atoms with Gasteiger partial charge in [-0.15, -0.1) is 0 Å². The molecule has 2 heteroatoms. The van der Waals surface area contributed by atoms with Crippen molar-refractivity contribution in [2.24, 2.45) is 46.8 Å². The Balaban J connectivity index is 0.00000124. The van der Waals surface area contributed by atoms with E-state index in [1.54, 1.807) is 5.57 Å². The Bertz CT molecular complexity index is 581. The van der Waals surface area contributed by atoms with Gasteiger partial charge in [0, 0.05) is 0 Å². The average molecular weight is 419 g/mol. The average Bonchev–Trinajstić information content (AvgIpc) is 3.09. The summed E-state index contributed by atoms with van der Waals surface area (Å²) in [5.41, 5.74) is 2.02. The topological polar surface area (TPSA) is 40.5 Å². The quantitative estimate of drug-likeness (QED) is 0.472. The highest BCUT2D eigenvalue weighted by atomic mass is 16.3. The predicted octanol–water partition coefficient (Wildman–Crippen LogP) is 7.00. The van der Waals surface area contributed by atoms with Gasteiger partial charge >= 0.3 is 0 Å². The molecule has 174 valence electrons. The molecule has 8 unspecified atom stereocenters. The van der Waals surface area contributed by atoms with Gasteiger partial charge < -0.3 is 10.2 Å². The Hall–Kier alpha value is -0.340. The minimum absolute atomic E-state index is 0.0862. The number of hydrogen-bond acceptors (Lipinski definition) is 2. The van der Waals surface area contributed by atoms with E-state index in [0.29, 0.717) is 23.2 Å². The molecule has 0 heterocycles. The molecular formula is C28H50O2. The number of aliphatic hydroxyl groups excluding tert-OH is 2. The molecule has 0 amide bonds. The summed E-state index contributed by atoms with van der Waals surface area (Å²) in [6.45, 7) is 13.5. The van der Waals surface area contributed by atoms with E-state index in [1.807, 2.05) is 13.8 Å². The van der Waals surface area contributed by atoms with E-state index in [1.165, 1.54) is 38.5 Å². The minimum atomic E-state index is -0.126. The molecule has 2 nitrogen and oxygen atoms in total. The molecule has 3 fully saturated rings. The van der Waals surface area contributed by atoms with Crippen molar-refractivity contribution < 1.29 is 10.2 Å². The van der Waals surface area contributed by atoms with Gasteiger partial charge in [0.25, 0.3) is 0 Å². The lowest BCUT2D eigenvalue weighted by Gasteiger charge is -2.54. The standard InChI is InChI=1S/C26H44O2.C2H6/c1-16(2)5-12-25(28)17(3)23-10-11-24-22-8-6-18-15-19(27)7-9-20(18)21(22)13-14-26(23,24)4;1-2/h6,16-17,19-25,27-28H,5,7-15H2,1-4H3;1-2H3/t17?,19?,20?,21?,22?,23-,24?,25?,26?;/m1./s1. The van der Waals surface area contributed by atoms with Crippen molar-refractivity contribution >= 4 is 0 Å². The van der Waals surface area contributed by atoms with E-state index in [2.05, 4.69) is 33.8 Å². The molecule has 0 spiro atoms. The van der Waals surface area contributed by atoms with Crippen molar-refractivity contribution in [2.45, 2.75) is 118 Å². The molecule has 0 aromatic rings. The fourth-order valence-corrected chi connectivity index (χ4v) is 8.19. The molecule has 0 aromatic heterocycles. The molecule has 4 aliphatic carbocycles. The van der Waals surface area contributed by atoms with Crippen molar-refractivity contribution in [2.75, 3.05) is 0 Å². The summed E-state index contributed by atoms with van der Waals surface area (Å²) in [5, 5.41) is 21.0. The van der Waals surface area contributed by atoms with E-state index in [0.717, 1.165) is 49.4 Å². The zero-order chi connectivity index (χ0) is 22.1. The lowest BCUT2D eigenvalue weighted by atomic mass is 9.51. The summed E-state index contributed by atoms with van der Waals surface area (Å²) in [6.07, 6.45) is 14.3. The van der Waals surface area contributed by atoms with Gasteiger partial charge in [0.15, 0.2) is 0 Å². The van der Waals surface area contributed by atoms with E-state index in [4.69, 9.17) is 0 Å². The Labute approximate surface area is 186 Å². The summed E-state index contributed by atoms with van der Waals surface area (Å²) in [7, 11) is 0. The third kappa shape index (κ3) is 4.56. The van der Waals surface area contributed by atoms with Crippen molar-refractivity contribution in [3.05, 3.63) is 11.6 Å². The smallest absolute Gasteiger partial charge is 0.0577 e. The molecular weight excluding hydrogens is 368 g/mol. The second-order valence-electron chi connectivity index (χ2n) is 11.6. The minimum Gasteiger partial charge on any atom is -0.393 e. The summed E-state index contributed by atoms with van der Waals surface area (Å²) in [5.74, 6) is 5.14. The first kappa shape index (κ1) is 24.3. The summed E-state index contributed by atoms with van der Waals surface area (Å²) >= 11 is 0. The van der Waals surface area contributed by atoms with Gasteiger partial charge in [-0.25, -0.2) is 0 Å². The van der Waals surface area contributed by atoms with Gasteiger partial charge in [-0.2, -0.15) is 0 Å². The fraction of sp³-hybridized carbons (Fsp3) is 0.929. The molecule has 30 heavy (non-hydrogen) atoms. The molecule has 0 bridgehead atoms. The second-order valence-corrected chi connectivity index (χ2v) is 11.6. The SMILES string of the molecule is CC.CC(C)CCC(O)C(C)[C@H]1CCC2C3CC=C4CC(O)CCC4C3CCC21C. The first-order chi connectivity index (χ1) is 14.3. The van der Waals surface area contributed by atoms with Crippen molar-refractivity contribution in [3.8, 4) is 0 Å². The molecule has 0 aromatic carbocycles. The second kappa shape index (κ2) is 10.1. The molecule has 4 rings (SSSR count). The predicted molar refractivity (Wildman–Crippen MR) is 127 cm³/mol. The van der Waals surface area contributed by atoms with Gasteiger partial charge in [0.1, 0.15) is 0 Å². The summed E-state index contributed by atoms with van der Waals surface area (Å²) < 4.78 is 0. The molecule has 4 aliphatic rings. The van der Waals surface area contributed by atoms with Crippen LogP contribution in [-0.4, -0.2) is 22.4 Å². The molecule has 0 radical (unpaired) electrons. The Kier molecular flexibility index (Phi) is 8.16. The maximum absolute atomic E-state index is 10.9. The number of aliphatic hydroxyl groups is 2. The third-order valence-electron chi connectivity index (χ3n) is 9.77. The third-order valence-corrected chi connectivity index (χ3v) is 9.77. The van der Waals surface area contributed by atoms with E-state index in [-0.39, 0.29) is 12.2 Å². The lowest BCUT2D eigenvalue weighted by Crippen LogP contribution is -2.47. The van der Waals surface area contributed by atoms with Crippen LogP contribution in [0.25, 0.3) is 0 Å². The van der Waals surface area contributed by atoms with Crippen molar-refractivity contribution in [1.82, 2.24) is 0 Å². The lowest BCUT2D eigenvalue weighted by molar-refractivity contribution is -0.0473. The maximum atomic E-state index is 10.9. The van der Waals surface area contributed by atoms with Crippen molar-refractivity contribution in [1.29, 1.82) is 0 Å². The first-order valence-electron chi connectivity index (χ1n) is 13.4. The van der Waals surface area contributed by atoms with Crippen LogP contribution in [0.15, 0.2) is 11.6 Å². The monoisotopic (exact) mass is 418 g/mol. The molecule has 9 atom stereocenters. The first-order valence-corrected chi connectivity index (χ1v) is 13.4. The van der Waals surface area contributed by atoms with Crippen LogP contribution in [-0.2, 0) is 0 Å². The van der Waals surface area contributed by atoms with Gasteiger partial charge in [-0.3, -0.25) is 0 Å². The Morgan fingerprint density at radius 2 is 1.73 bits per heavy atom. The van der Waals surface area contributed by atoms with Crippen LogP contribution in [0.5, 0.6) is 0 Å². The zero-order valence-corrected chi connectivity index (χ0v) is 20.7. The van der Waals surface area contributed by atoms with Gasteiger partial charge in [-0.05, 0) is 111 Å². The largest absolute Gasteiger partial charge is 0.393 e. The molecule has 3 saturated carbocycles. The summed E-state index contributed by atoms with van der Waals surface area (Å²) in [4.78, 5) is 0. The fourth-order valence-electron chi connectivity index (χ4n) is 8.19. The zero-order valence-electron chi connectivity index (χ0n) is 20.7. The Morgan fingerprint density at radius 1 is 1.00 bits per heavy atom. The number of hydrogen-bond donors (Lipinski definition) is 2. The molecule has 0 aliphatic heterocycles. The van der Waals surface area contributed by atoms with Crippen molar-refractivity contribution in [3.63, 3.8) is 0 Å². The van der Waals surface area contributed by atoms with Crippen LogP contribution in [0.2, 0.25) is 0 Å². The van der Waals surface area contributed by atoms with Crippen LogP contribution in [0.3, 0.4) is 0 Å². The van der Waals surface area contributed by atoms with Crippen LogP contribution < -0.4 is 0 Å². The van der Waals surface area contributed by atoms with Gasteiger partial charge in [0.05, 0.1) is 12.2 Å². The highest BCUT2D eigenvalue weighted by Crippen LogP contribution is 2.64. The summed E-state index contributed by atoms with van der Waals surface area (Å²) in [6, 6.07) is 0. The number of rotatable bonds is 5. The van der Waals surface area contributed by atoms with Crippen LogP contribution in [0.4, 0.5) is 0 Å². The van der Waals surface area contributed by atoms with Gasteiger partial charge in [0.2, 0.25) is 0 Å². The maximum Gasteiger partial charge on any atom is 0.0577 e. The normalized spacial score (nSPS) is 42.2. The molecule has 0 saturated heterocycles. The van der Waals surface area contributed by atoms with E-state index >= 15 is 0 Å². The molecule has 2 N–H and O–H groups in total.